The molecule has 0 amide bonds. The molecule has 2 N–H and O–H groups in total. The van der Waals surface area contributed by atoms with Gasteiger partial charge in [-0.15, -0.1) is 0 Å². The molecule has 18 heavy (non-hydrogen) atoms. The van der Waals surface area contributed by atoms with Gasteiger partial charge in [-0.1, -0.05) is 36.2 Å². The van der Waals surface area contributed by atoms with Gasteiger partial charge in [0.15, 0.2) is 0 Å². The van der Waals surface area contributed by atoms with E-state index in [4.69, 9.17) is 33.4 Å². The summed E-state index contributed by atoms with van der Waals surface area (Å²) in [6, 6.07) is 9.13. The largest absolute Gasteiger partial charge is 0.464 e. The summed E-state index contributed by atoms with van der Waals surface area (Å²) in [7, 11) is 0. The van der Waals surface area contributed by atoms with Gasteiger partial charge < -0.3 is 10.2 Å². The highest BCUT2D eigenvalue weighted by Crippen LogP contribution is 2.26. The molecule has 0 radical (unpaired) electrons. The number of halogens is 2. The van der Waals surface area contributed by atoms with Crippen LogP contribution >= 0.6 is 23.2 Å². The van der Waals surface area contributed by atoms with E-state index in [0.717, 1.165) is 23.5 Å². The summed E-state index contributed by atoms with van der Waals surface area (Å²) in [5.41, 5.74) is 7.09. The smallest absolute Gasteiger partial charge is 0.121 e. The average Bonchev–Trinajstić information content (AvgIpc) is 2.81. The Morgan fingerprint density at radius 2 is 2.00 bits per heavy atom. The summed E-state index contributed by atoms with van der Waals surface area (Å²) < 4.78 is 5.64. The number of rotatable bonds is 4. The second-order valence-electron chi connectivity index (χ2n) is 4.20. The van der Waals surface area contributed by atoms with Crippen molar-refractivity contribution in [2.24, 2.45) is 5.73 Å². The molecule has 0 saturated heterocycles. The maximum Gasteiger partial charge on any atom is 0.121 e. The van der Waals surface area contributed by atoms with Crippen molar-refractivity contribution >= 4 is 23.2 Å². The minimum atomic E-state index is -0.191. The van der Waals surface area contributed by atoms with Crippen molar-refractivity contribution in [1.29, 1.82) is 0 Å². The number of aryl methyl sites for hydroxylation is 1. The van der Waals surface area contributed by atoms with Crippen molar-refractivity contribution < 1.29 is 4.42 Å². The zero-order valence-corrected chi connectivity index (χ0v) is 11.6. The number of benzene rings is 1. The van der Waals surface area contributed by atoms with Crippen LogP contribution in [-0.4, -0.2) is 0 Å². The number of nitrogens with two attached hydrogens (primary N) is 1. The lowest BCUT2D eigenvalue weighted by Gasteiger charge is -2.10. The van der Waals surface area contributed by atoms with Gasteiger partial charge in [0.2, 0.25) is 0 Å². The zero-order valence-electron chi connectivity index (χ0n) is 10.1. The molecule has 2 rings (SSSR count). The van der Waals surface area contributed by atoms with Gasteiger partial charge in [0, 0.05) is 16.5 Å². The van der Waals surface area contributed by atoms with E-state index in [9.17, 15) is 0 Å². The molecule has 0 aliphatic rings. The van der Waals surface area contributed by atoms with Crippen LogP contribution in [0.5, 0.6) is 0 Å². The maximum absolute atomic E-state index is 6.12. The third-order valence-corrected chi connectivity index (χ3v) is 3.44. The lowest BCUT2D eigenvalue weighted by molar-refractivity contribution is 0.434. The molecule has 0 fully saturated rings. The van der Waals surface area contributed by atoms with Crippen molar-refractivity contribution in [2.45, 2.75) is 25.8 Å². The molecule has 1 unspecified atom stereocenters. The predicted octanol–water partition coefficient (Wildman–Crippen LogP) is 4.39. The van der Waals surface area contributed by atoms with E-state index in [2.05, 4.69) is 0 Å². The van der Waals surface area contributed by atoms with Crippen LogP contribution in [0.4, 0.5) is 0 Å². The third kappa shape index (κ3) is 3.08. The maximum atomic E-state index is 6.12. The highest BCUT2D eigenvalue weighted by Gasteiger charge is 2.13. The Morgan fingerprint density at radius 3 is 2.61 bits per heavy atom. The molecule has 0 saturated carbocycles. The Kier molecular flexibility index (Phi) is 4.33. The molecule has 0 bridgehead atoms. The molecule has 1 aromatic heterocycles. The molecular weight excluding hydrogens is 269 g/mol. The lowest BCUT2D eigenvalue weighted by atomic mass is 10.0. The van der Waals surface area contributed by atoms with Crippen molar-refractivity contribution in [1.82, 2.24) is 0 Å². The van der Waals surface area contributed by atoms with E-state index in [1.54, 1.807) is 6.07 Å². The first-order valence-corrected chi connectivity index (χ1v) is 6.64. The molecule has 2 aromatic rings. The SMILES string of the molecule is CCc1ccc(C(N)Cc2ccc(Cl)cc2Cl)o1. The molecule has 1 heterocycles. The molecule has 0 aliphatic heterocycles. The molecular formula is C14H15Cl2NO. The Labute approximate surface area is 117 Å². The highest BCUT2D eigenvalue weighted by atomic mass is 35.5. The minimum Gasteiger partial charge on any atom is -0.464 e. The second kappa shape index (κ2) is 5.79. The first-order valence-electron chi connectivity index (χ1n) is 5.88. The quantitative estimate of drug-likeness (QED) is 0.904. The van der Waals surface area contributed by atoms with Gasteiger partial charge >= 0.3 is 0 Å². The van der Waals surface area contributed by atoms with E-state index < -0.39 is 0 Å². The van der Waals surface area contributed by atoms with Gasteiger partial charge in [-0.2, -0.15) is 0 Å². The molecule has 0 spiro atoms. The van der Waals surface area contributed by atoms with Gasteiger partial charge in [0.25, 0.3) is 0 Å². The zero-order chi connectivity index (χ0) is 13.1. The van der Waals surface area contributed by atoms with Crippen LogP contribution < -0.4 is 5.73 Å². The van der Waals surface area contributed by atoms with Gasteiger partial charge in [-0.05, 0) is 36.2 Å². The van der Waals surface area contributed by atoms with E-state index in [1.807, 2.05) is 31.2 Å². The van der Waals surface area contributed by atoms with Gasteiger partial charge in [-0.3, -0.25) is 0 Å². The van der Waals surface area contributed by atoms with Crippen molar-refractivity contribution in [2.75, 3.05) is 0 Å². The summed E-state index contributed by atoms with van der Waals surface area (Å²) in [4.78, 5) is 0. The number of hydrogen-bond donors (Lipinski definition) is 1. The summed E-state index contributed by atoms with van der Waals surface area (Å²) >= 11 is 12.0. The van der Waals surface area contributed by atoms with Crippen LogP contribution in [0.1, 0.15) is 30.0 Å². The van der Waals surface area contributed by atoms with E-state index in [1.165, 1.54) is 0 Å². The monoisotopic (exact) mass is 283 g/mol. The second-order valence-corrected chi connectivity index (χ2v) is 5.05. The Balaban J connectivity index is 2.13. The van der Waals surface area contributed by atoms with Crippen molar-refractivity contribution in [3.63, 3.8) is 0 Å². The normalized spacial score (nSPS) is 12.7. The Morgan fingerprint density at radius 1 is 1.22 bits per heavy atom. The van der Waals surface area contributed by atoms with Crippen LogP contribution in [0.15, 0.2) is 34.7 Å². The van der Waals surface area contributed by atoms with E-state index >= 15 is 0 Å². The Bertz CT molecular complexity index is 536. The fourth-order valence-corrected chi connectivity index (χ4v) is 2.29. The topological polar surface area (TPSA) is 39.2 Å². The third-order valence-electron chi connectivity index (χ3n) is 2.85. The molecule has 0 aliphatic carbocycles. The van der Waals surface area contributed by atoms with Gasteiger partial charge in [-0.25, -0.2) is 0 Å². The first kappa shape index (κ1) is 13.5. The van der Waals surface area contributed by atoms with Crippen LogP contribution in [0.2, 0.25) is 10.0 Å². The highest BCUT2D eigenvalue weighted by molar-refractivity contribution is 6.35. The minimum absolute atomic E-state index is 0.191. The summed E-state index contributed by atoms with van der Waals surface area (Å²) in [5.74, 6) is 1.74. The molecule has 1 aromatic carbocycles. The fourth-order valence-electron chi connectivity index (χ4n) is 1.81. The van der Waals surface area contributed by atoms with Crippen LogP contribution in [0.3, 0.4) is 0 Å². The van der Waals surface area contributed by atoms with Gasteiger partial charge in [0.1, 0.15) is 11.5 Å². The van der Waals surface area contributed by atoms with Crippen molar-refractivity contribution in [3.05, 3.63) is 57.5 Å². The summed E-state index contributed by atoms with van der Waals surface area (Å²) in [6.45, 7) is 2.05. The van der Waals surface area contributed by atoms with E-state index in [-0.39, 0.29) is 6.04 Å². The molecule has 1 atom stereocenters. The fraction of sp³-hybridized carbons (Fsp3) is 0.286. The summed E-state index contributed by atoms with van der Waals surface area (Å²) in [5, 5.41) is 1.27. The molecule has 4 heteroatoms. The van der Waals surface area contributed by atoms with E-state index in [0.29, 0.717) is 16.5 Å². The summed E-state index contributed by atoms with van der Waals surface area (Å²) in [6.07, 6.45) is 1.50. The van der Waals surface area contributed by atoms with Crippen LogP contribution in [-0.2, 0) is 12.8 Å². The molecule has 96 valence electrons. The molecule has 2 nitrogen and oxygen atoms in total. The lowest BCUT2D eigenvalue weighted by Crippen LogP contribution is -2.12. The van der Waals surface area contributed by atoms with Crippen LogP contribution in [0.25, 0.3) is 0 Å². The first-order chi connectivity index (χ1) is 8.60. The average molecular weight is 284 g/mol. The standard InChI is InChI=1S/C14H15Cl2NO/c1-2-11-5-6-14(18-11)13(17)7-9-3-4-10(15)8-12(9)16/h3-6,8,13H,2,7,17H2,1H3. The van der Waals surface area contributed by atoms with Gasteiger partial charge in [0.05, 0.1) is 6.04 Å². The Hall–Kier alpha value is -0.960. The van der Waals surface area contributed by atoms with Crippen LogP contribution in [0, 0.1) is 0 Å². The number of hydrogen-bond acceptors (Lipinski definition) is 2. The predicted molar refractivity (Wildman–Crippen MR) is 75.2 cm³/mol. The van der Waals surface area contributed by atoms with Crippen molar-refractivity contribution in [3.8, 4) is 0 Å². The number of furan rings is 1.